The largest absolute Gasteiger partial charge is 0.493 e. The van der Waals surface area contributed by atoms with Crippen LogP contribution in [0.25, 0.3) is 0 Å². The number of Topliss-reactive ketones (excluding diaryl/α,β-unsaturated/α-hetero) is 1. The van der Waals surface area contributed by atoms with Gasteiger partial charge >= 0.3 is 0 Å². The number of carbonyl (C=O) groups is 1. The zero-order valence-corrected chi connectivity index (χ0v) is 11.0. The summed E-state index contributed by atoms with van der Waals surface area (Å²) in [5, 5.41) is 4.18. The number of carbonyl (C=O) groups excluding carboxylic acids is 1. The van der Waals surface area contributed by atoms with Crippen LogP contribution in [0.2, 0.25) is 0 Å². The Morgan fingerprint density at radius 3 is 2.89 bits per heavy atom. The lowest BCUT2D eigenvalue weighted by Gasteiger charge is -2.22. The molecule has 0 saturated carbocycles. The highest BCUT2D eigenvalue weighted by Gasteiger charge is 2.42. The summed E-state index contributed by atoms with van der Waals surface area (Å²) in [6, 6.07) is 0.0683. The molecule has 0 aromatic carbocycles. The van der Waals surface area contributed by atoms with Crippen LogP contribution in [-0.4, -0.2) is 41.4 Å². The summed E-state index contributed by atoms with van der Waals surface area (Å²) < 4.78 is 12.1. The molecule has 6 heteroatoms. The predicted molar refractivity (Wildman–Crippen MR) is 65.8 cm³/mol. The molecule has 1 fully saturated rings. The minimum atomic E-state index is -0.958. The summed E-state index contributed by atoms with van der Waals surface area (Å²) in [6.45, 7) is 4.67. The van der Waals surface area contributed by atoms with Crippen molar-refractivity contribution in [3.05, 3.63) is 11.9 Å². The first-order valence-electron chi connectivity index (χ1n) is 6.02. The molecule has 1 aliphatic rings. The predicted octanol–water partition coefficient (Wildman–Crippen LogP) is 0.773. The highest BCUT2D eigenvalue weighted by Crippen LogP contribution is 2.28. The minimum absolute atomic E-state index is 0.0683. The van der Waals surface area contributed by atoms with E-state index in [1.165, 1.54) is 7.11 Å². The molecule has 0 bridgehead atoms. The third-order valence-corrected chi connectivity index (χ3v) is 3.19. The smallest absolute Gasteiger partial charge is 0.206 e. The van der Waals surface area contributed by atoms with E-state index in [0.717, 1.165) is 0 Å². The fraction of sp³-hybridized carbons (Fsp3) is 0.667. The van der Waals surface area contributed by atoms with Gasteiger partial charge < -0.3 is 15.2 Å². The first-order chi connectivity index (χ1) is 8.49. The SMILES string of the molecule is COc1cnn(C(C)C)c1C(=O)C1(N)CCOC1. The van der Waals surface area contributed by atoms with Crippen LogP contribution in [0.15, 0.2) is 6.20 Å². The van der Waals surface area contributed by atoms with Gasteiger partial charge in [-0.1, -0.05) is 0 Å². The molecular formula is C12H19N3O3. The second-order valence-electron chi connectivity index (χ2n) is 4.89. The summed E-state index contributed by atoms with van der Waals surface area (Å²) >= 11 is 0. The second-order valence-corrected chi connectivity index (χ2v) is 4.89. The summed E-state index contributed by atoms with van der Waals surface area (Å²) in [7, 11) is 1.52. The molecule has 1 aromatic heterocycles. The molecular weight excluding hydrogens is 234 g/mol. The lowest BCUT2D eigenvalue weighted by molar-refractivity contribution is 0.0846. The Hall–Kier alpha value is -1.40. The van der Waals surface area contributed by atoms with Crippen LogP contribution in [0.3, 0.4) is 0 Å². The van der Waals surface area contributed by atoms with E-state index in [1.54, 1.807) is 10.9 Å². The van der Waals surface area contributed by atoms with Crippen molar-refractivity contribution in [1.29, 1.82) is 0 Å². The number of ether oxygens (including phenoxy) is 2. The highest BCUT2D eigenvalue weighted by molar-refractivity contribution is 6.04. The van der Waals surface area contributed by atoms with Gasteiger partial charge in [-0.05, 0) is 20.3 Å². The van der Waals surface area contributed by atoms with E-state index in [2.05, 4.69) is 5.10 Å². The Labute approximate surface area is 106 Å². The third-order valence-electron chi connectivity index (χ3n) is 3.19. The van der Waals surface area contributed by atoms with Crippen molar-refractivity contribution in [3.63, 3.8) is 0 Å². The molecule has 0 aliphatic carbocycles. The lowest BCUT2D eigenvalue weighted by Crippen LogP contribution is -2.49. The zero-order chi connectivity index (χ0) is 13.3. The van der Waals surface area contributed by atoms with Gasteiger partial charge in [-0.2, -0.15) is 5.10 Å². The van der Waals surface area contributed by atoms with Gasteiger partial charge in [0.25, 0.3) is 0 Å². The van der Waals surface area contributed by atoms with Crippen LogP contribution >= 0.6 is 0 Å². The van der Waals surface area contributed by atoms with Crippen molar-refractivity contribution in [2.45, 2.75) is 31.8 Å². The summed E-state index contributed by atoms with van der Waals surface area (Å²) in [6.07, 6.45) is 2.07. The molecule has 1 aliphatic heterocycles. The molecule has 100 valence electrons. The van der Waals surface area contributed by atoms with E-state index >= 15 is 0 Å². The van der Waals surface area contributed by atoms with Gasteiger partial charge in [0.2, 0.25) is 5.78 Å². The van der Waals surface area contributed by atoms with Gasteiger partial charge in [0, 0.05) is 12.6 Å². The monoisotopic (exact) mass is 253 g/mol. The Bertz CT molecular complexity index is 447. The maximum absolute atomic E-state index is 12.6. The fourth-order valence-corrected chi connectivity index (χ4v) is 2.10. The standard InChI is InChI=1S/C12H19N3O3/c1-8(2)15-10(9(17-3)6-14-15)11(16)12(13)4-5-18-7-12/h6,8H,4-5,7,13H2,1-3H3. The molecule has 0 amide bonds. The lowest BCUT2D eigenvalue weighted by atomic mass is 9.92. The molecule has 18 heavy (non-hydrogen) atoms. The molecule has 0 radical (unpaired) electrons. The third kappa shape index (κ3) is 2.02. The molecule has 1 aromatic rings. The van der Waals surface area contributed by atoms with Crippen LogP contribution in [0.1, 0.15) is 36.8 Å². The van der Waals surface area contributed by atoms with Crippen molar-refractivity contribution in [3.8, 4) is 5.75 Å². The number of aromatic nitrogens is 2. The molecule has 6 nitrogen and oxygen atoms in total. The van der Waals surface area contributed by atoms with Crippen molar-refractivity contribution in [1.82, 2.24) is 9.78 Å². The number of ketones is 1. The fourth-order valence-electron chi connectivity index (χ4n) is 2.10. The molecule has 2 rings (SSSR count). The molecule has 1 saturated heterocycles. The maximum Gasteiger partial charge on any atom is 0.206 e. The van der Waals surface area contributed by atoms with Crippen LogP contribution in [0, 0.1) is 0 Å². The molecule has 2 heterocycles. The Morgan fingerprint density at radius 2 is 2.39 bits per heavy atom. The number of hydrogen-bond acceptors (Lipinski definition) is 5. The first kappa shape index (κ1) is 13.0. The summed E-state index contributed by atoms with van der Waals surface area (Å²) in [4.78, 5) is 12.6. The number of hydrogen-bond donors (Lipinski definition) is 1. The molecule has 1 atom stereocenters. The van der Waals surface area contributed by atoms with Gasteiger partial charge in [-0.15, -0.1) is 0 Å². The Kier molecular flexibility index (Phi) is 3.41. The van der Waals surface area contributed by atoms with Crippen LogP contribution in [0.5, 0.6) is 5.75 Å². The summed E-state index contributed by atoms with van der Waals surface area (Å²) in [5.74, 6) is 0.300. The first-order valence-corrected chi connectivity index (χ1v) is 6.02. The average Bonchev–Trinajstić information content (AvgIpc) is 2.94. The van der Waals surface area contributed by atoms with Gasteiger partial charge in [0.15, 0.2) is 5.75 Å². The minimum Gasteiger partial charge on any atom is -0.493 e. The van der Waals surface area contributed by atoms with E-state index in [4.69, 9.17) is 15.2 Å². The van der Waals surface area contributed by atoms with Crippen LogP contribution < -0.4 is 10.5 Å². The van der Waals surface area contributed by atoms with Crippen molar-refractivity contribution in [2.24, 2.45) is 5.73 Å². The number of methoxy groups -OCH3 is 1. The Morgan fingerprint density at radius 1 is 1.67 bits per heavy atom. The topological polar surface area (TPSA) is 79.4 Å². The number of nitrogens with zero attached hydrogens (tertiary/aromatic N) is 2. The van der Waals surface area contributed by atoms with E-state index < -0.39 is 5.54 Å². The molecule has 0 spiro atoms. The van der Waals surface area contributed by atoms with E-state index in [-0.39, 0.29) is 18.4 Å². The van der Waals surface area contributed by atoms with Gasteiger partial charge in [-0.3, -0.25) is 9.48 Å². The maximum atomic E-state index is 12.6. The normalized spacial score (nSPS) is 23.6. The number of nitrogens with two attached hydrogens (primary N) is 1. The van der Waals surface area contributed by atoms with Gasteiger partial charge in [0.1, 0.15) is 11.2 Å². The van der Waals surface area contributed by atoms with Crippen molar-refractivity contribution < 1.29 is 14.3 Å². The highest BCUT2D eigenvalue weighted by atomic mass is 16.5. The Balaban J connectivity index is 2.42. The van der Waals surface area contributed by atoms with Gasteiger partial charge in [-0.25, -0.2) is 0 Å². The van der Waals surface area contributed by atoms with E-state index in [9.17, 15) is 4.79 Å². The van der Waals surface area contributed by atoms with E-state index in [1.807, 2.05) is 13.8 Å². The van der Waals surface area contributed by atoms with Crippen molar-refractivity contribution in [2.75, 3.05) is 20.3 Å². The number of rotatable bonds is 4. The second kappa shape index (κ2) is 4.70. The molecule has 1 unspecified atom stereocenters. The molecule has 2 N–H and O–H groups in total. The van der Waals surface area contributed by atoms with Crippen molar-refractivity contribution >= 4 is 5.78 Å². The van der Waals surface area contributed by atoms with E-state index in [0.29, 0.717) is 24.5 Å². The summed E-state index contributed by atoms with van der Waals surface area (Å²) in [5.41, 5.74) is 5.59. The quantitative estimate of drug-likeness (QED) is 0.802. The van der Waals surface area contributed by atoms with Gasteiger partial charge in [0.05, 0.1) is 19.9 Å². The van der Waals surface area contributed by atoms with Crippen LogP contribution in [-0.2, 0) is 4.74 Å². The van der Waals surface area contributed by atoms with Crippen LogP contribution in [0.4, 0.5) is 0 Å². The zero-order valence-electron chi connectivity index (χ0n) is 11.0. The average molecular weight is 253 g/mol.